The van der Waals surface area contributed by atoms with Gasteiger partial charge in [-0.05, 0) is 25.0 Å². The third-order valence-corrected chi connectivity index (χ3v) is 5.92. The van der Waals surface area contributed by atoms with Crippen LogP contribution in [-0.4, -0.2) is 33.2 Å². The molecular weight excluding hydrogens is 292 g/mol. The molecular formula is C14H18N2O4S. The minimum atomic E-state index is -3.41. The average molecular weight is 310 g/mol. The van der Waals surface area contributed by atoms with Gasteiger partial charge in [-0.3, -0.25) is 9.52 Å². The number of nitrogens with one attached hydrogen (secondary N) is 1. The summed E-state index contributed by atoms with van der Waals surface area (Å²) in [5.74, 6) is 0.263. The number of carbonyl (C=O) groups is 1. The maximum absolute atomic E-state index is 12.4. The molecule has 0 spiro atoms. The van der Waals surface area contributed by atoms with E-state index in [4.69, 9.17) is 4.74 Å². The summed E-state index contributed by atoms with van der Waals surface area (Å²) in [4.78, 5) is 13.1. The Balaban J connectivity index is 1.92. The predicted octanol–water partition coefficient (Wildman–Crippen LogP) is 1.73. The first-order chi connectivity index (χ1) is 9.99. The Hall–Kier alpha value is -1.76. The lowest BCUT2D eigenvalue weighted by molar-refractivity contribution is -0.120. The van der Waals surface area contributed by atoms with Gasteiger partial charge in [-0.25, -0.2) is 8.42 Å². The molecule has 1 aromatic rings. The Morgan fingerprint density at radius 1 is 1.29 bits per heavy atom. The number of amides is 1. The maximum atomic E-state index is 12.4. The van der Waals surface area contributed by atoms with Gasteiger partial charge in [-0.2, -0.15) is 0 Å². The first-order valence-corrected chi connectivity index (χ1v) is 8.57. The number of carbonyl (C=O) groups excluding carboxylic acids is 1. The van der Waals surface area contributed by atoms with E-state index in [1.165, 1.54) is 4.90 Å². The standard InChI is InChI=1S/C14H18N2O4S/c1-16-12-8-4-7-11(14(12)20-9-13(16)17)15-21(18,19)10-5-2-3-6-10/h4,7-8,10,15H,2-3,5-6,9H2,1H3. The van der Waals surface area contributed by atoms with Gasteiger partial charge in [0.2, 0.25) is 10.0 Å². The van der Waals surface area contributed by atoms with Crippen molar-refractivity contribution in [1.82, 2.24) is 0 Å². The van der Waals surface area contributed by atoms with Crippen LogP contribution in [0.5, 0.6) is 5.75 Å². The van der Waals surface area contributed by atoms with Crippen molar-refractivity contribution in [3.05, 3.63) is 18.2 Å². The van der Waals surface area contributed by atoms with Crippen LogP contribution in [-0.2, 0) is 14.8 Å². The van der Waals surface area contributed by atoms with Crippen LogP contribution in [0.25, 0.3) is 0 Å². The second-order valence-electron chi connectivity index (χ2n) is 5.45. The van der Waals surface area contributed by atoms with Gasteiger partial charge in [0.05, 0.1) is 16.6 Å². The number of hydrogen-bond donors (Lipinski definition) is 1. The Morgan fingerprint density at radius 2 is 2.00 bits per heavy atom. The van der Waals surface area contributed by atoms with Crippen molar-refractivity contribution in [1.29, 1.82) is 0 Å². The number of anilines is 2. The number of rotatable bonds is 3. The number of benzene rings is 1. The Labute approximate surface area is 124 Å². The highest BCUT2D eigenvalue weighted by Crippen LogP contribution is 2.39. The Kier molecular flexibility index (Phi) is 3.52. The van der Waals surface area contributed by atoms with Crippen LogP contribution in [0.4, 0.5) is 11.4 Å². The molecule has 21 heavy (non-hydrogen) atoms. The van der Waals surface area contributed by atoms with Crippen molar-refractivity contribution in [2.24, 2.45) is 0 Å². The molecule has 7 heteroatoms. The summed E-state index contributed by atoms with van der Waals surface area (Å²) in [7, 11) is -1.76. The van der Waals surface area contributed by atoms with Crippen LogP contribution in [0.15, 0.2) is 18.2 Å². The topological polar surface area (TPSA) is 75.7 Å². The molecule has 0 saturated heterocycles. The molecule has 1 aliphatic carbocycles. The summed E-state index contributed by atoms with van der Waals surface area (Å²) < 4.78 is 32.8. The molecule has 1 aliphatic heterocycles. The van der Waals surface area contributed by atoms with E-state index < -0.39 is 10.0 Å². The Bertz CT molecular complexity index is 666. The van der Waals surface area contributed by atoms with Gasteiger partial charge in [0, 0.05) is 7.05 Å². The van der Waals surface area contributed by atoms with Crippen LogP contribution in [0.2, 0.25) is 0 Å². The molecule has 1 amide bonds. The molecule has 0 aromatic heterocycles. The second kappa shape index (κ2) is 5.22. The largest absolute Gasteiger partial charge is 0.479 e. The number of fused-ring (bicyclic) bond motifs is 1. The van der Waals surface area contributed by atoms with E-state index in [-0.39, 0.29) is 17.8 Å². The van der Waals surface area contributed by atoms with Crippen molar-refractivity contribution < 1.29 is 17.9 Å². The maximum Gasteiger partial charge on any atom is 0.264 e. The molecule has 1 heterocycles. The van der Waals surface area contributed by atoms with Crippen LogP contribution in [0.3, 0.4) is 0 Å². The molecule has 0 unspecified atom stereocenters. The van der Waals surface area contributed by atoms with Crippen molar-refractivity contribution in [3.63, 3.8) is 0 Å². The van der Waals surface area contributed by atoms with Crippen molar-refractivity contribution in [2.45, 2.75) is 30.9 Å². The lowest BCUT2D eigenvalue weighted by atomic mass is 10.2. The zero-order valence-corrected chi connectivity index (χ0v) is 12.6. The van der Waals surface area contributed by atoms with Gasteiger partial charge in [0.1, 0.15) is 0 Å². The monoisotopic (exact) mass is 310 g/mol. The van der Waals surface area contributed by atoms with Gasteiger partial charge in [-0.15, -0.1) is 0 Å². The van der Waals surface area contributed by atoms with Crippen LogP contribution in [0, 0.1) is 0 Å². The first-order valence-electron chi connectivity index (χ1n) is 7.03. The third-order valence-electron chi connectivity index (χ3n) is 4.06. The smallest absolute Gasteiger partial charge is 0.264 e. The number of likely N-dealkylation sites (N-methyl/N-ethyl adjacent to an activating group) is 1. The van der Waals surface area contributed by atoms with Crippen LogP contribution in [0.1, 0.15) is 25.7 Å². The number of para-hydroxylation sites is 1. The van der Waals surface area contributed by atoms with Crippen LogP contribution >= 0.6 is 0 Å². The van der Waals surface area contributed by atoms with Gasteiger partial charge in [0.15, 0.2) is 12.4 Å². The molecule has 0 atom stereocenters. The summed E-state index contributed by atoms with van der Waals surface area (Å²) in [6.07, 6.45) is 3.30. The summed E-state index contributed by atoms with van der Waals surface area (Å²) in [6, 6.07) is 5.11. The van der Waals surface area contributed by atoms with E-state index in [0.29, 0.717) is 30.0 Å². The molecule has 1 N–H and O–H groups in total. The van der Waals surface area contributed by atoms with Gasteiger partial charge >= 0.3 is 0 Å². The fourth-order valence-electron chi connectivity index (χ4n) is 2.82. The third kappa shape index (κ3) is 2.57. The molecule has 3 rings (SSSR count). The number of hydrogen-bond acceptors (Lipinski definition) is 4. The molecule has 1 aromatic carbocycles. The highest BCUT2D eigenvalue weighted by molar-refractivity contribution is 7.93. The highest BCUT2D eigenvalue weighted by Gasteiger charge is 2.31. The zero-order valence-electron chi connectivity index (χ0n) is 11.8. The van der Waals surface area contributed by atoms with Gasteiger partial charge < -0.3 is 9.64 Å². The normalized spacial score (nSPS) is 19.3. The summed E-state index contributed by atoms with van der Waals surface area (Å²) in [5, 5.41) is -0.337. The summed E-state index contributed by atoms with van der Waals surface area (Å²) in [6.45, 7) is -0.0777. The Morgan fingerprint density at radius 3 is 2.71 bits per heavy atom. The molecule has 6 nitrogen and oxygen atoms in total. The average Bonchev–Trinajstić information content (AvgIpc) is 2.98. The van der Waals surface area contributed by atoms with E-state index in [1.54, 1.807) is 25.2 Å². The van der Waals surface area contributed by atoms with Crippen molar-refractivity contribution in [3.8, 4) is 5.75 Å². The molecule has 1 fully saturated rings. The van der Waals surface area contributed by atoms with Crippen molar-refractivity contribution in [2.75, 3.05) is 23.3 Å². The van der Waals surface area contributed by atoms with E-state index in [1.807, 2.05) is 0 Å². The molecule has 0 radical (unpaired) electrons. The van der Waals surface area contributed by atoms with E-state index in [2.05, 4.69) is 4.72 Å². The quantitative estimate of drug-likeness (QED) is 0.922. The number of nitrogens with zero attached hydrogens (tertiary/aromatic N) is 1. The number of ether oxygens (including phenoxy) is 1. The van der Waals surface area contributed by atoms with E-state index in [0.717, 1.165) is 12.8 Å². The fraction of sp³-hybridized carbons (Fsp3) is 0.500. The van der Waals surface area contributed by atoms with Gasteiger partial charge in [0.25, 0.3) is 5.91 Å². The molecule has 1 saturated carbocycles. The zero-order chi connectivity index (χ0) is 15.0. The minimum Gasteiger partial charge on any atom is -0.479 e. The molecule has 114 valence electrons. The minimum absolute atomic E-state index is 0.0777. The lowest BCUT2D eigenvalue weighted by Crippen LogP contribution is -2.36. The lowest BCUT2D eigenvalue weighted by Gasteiger charge is -2.28. The SMILES string of the molecule is CN1C(=O)COc2c(NS(=O)(=O)C3CCCC3)cccc21. The molecule has 0 bridgehead atoms. The van der Waals surface area contributed by atoms with Gasteiger partial charge in [-0.1, -0.05) is 18.9 Å². The van der Waals surface area contributed by atoms with Crippen LogP contribution < -0.4 is 14.4 Å². The number of sulfonamides is 1. The highest BCUT2D eigenvalue weighted by atomic mass is 32.2. The fourth-order valence-corrected chi connectivity index (χ4v) is 4.41. The van der Waals surface area contributed by atoms with E-state index in [9.17, 15) is 13.2 Å². The second-order valence-corrected chi connectivity index (χ2v) is 7.41. The van der Waals surface area contributed by atoms with E-state index >= 15 is 0 Å². The molecule has 2 aliphatic rings. The summed E-state index contributed by atoms with van der Waals surface area (Å²) >= 11 is 0. The summed E-state index contributed by atoms with van der Waals surface area (Å²) in [5.41, 5.74) is 0.983. The van der Waals surface area contributed by atoms with Crippen molar-refractivity contribution >= 4 is 27.3 Å². The first kappa shape index (κ1) is 14.2. The predicted molar refractivity (Wildman–Crippen MR) is 80.1 cm³/mol.